The molecule has 0 amide bonds. The molecular weight excluding hydrogens is 212 g/mol. The fourth-order valence-corrected chi connectivity index (χ4v) is 3.68. The van der Waals surface area contributed by atoms with Crippen LogP contribution in [0.2, 0.25) is 0 Å². The van der Waals surface area contributed by atoms with E-state index in [0.717, 1.165) is 24.1 Å². The Bertz CT molecular complexity index is 423. The summed E-state index contributed by atoms with van der Waals surface area (Å²) in [4.78, 5) is 0. The van der Waals surface area contributed by atoms with Crippen molar-refractivity contribution in [3.63, 3.8) is 0 Å². The first-order chi connectivity index (χ1) is 8.21. The van der Waals surface area contributed by atoms with Crippen LogP contribution in [-0.4, -0.2) is 20.6 Å². The Morgan fingerprint density at radius 3 is 3.12 bits per heavy atom. The van der Waals surface area contributed by atoms with Gasteiger partial charge in [-0.1, -0.05) is 30.7 Å². The fourth-order valence-electron chi connectivity index (χ4n) is 3.68. The van der Waals surface area contributed by atoms with Gasteiger partial charge in [0.05, 0.1) is 0 Å². The molecule has 0 radical (unpaired) electrons. The number of tetrazole rings is 1. The van der Waals surface area contributed by atoms with Crippen LogP contribution >= 0.6 is 0 Å². The van der Waals surface area contributed by atoms with E-state index in [-0.39, 0.29) is 0 Å². The summed E-state index contributed by atoms with van der Waals surface area (Å²) in [5.41, 5.74) is 2.14. The number of nitrogens with one attached hydrogen (secondary N) is 1. The zero-order valence-corrected chi connectivity index (χ0v) is 10.6. The second-order valence-corrected chi connectivity index (χ2v) is 5.85. The molecule has 1 unspecified atom stereocenters. The van der Waals surface area contributed by atoms with E-state index in [1.54, 1.807) is 5.57 Å². The summed E-state index contributed by atoms with van der Waals surface area (Å²) in [5.74, 6) is 2.59. The molecule has 2 aliphatic carbocycles. The molecule has 1 N–H and O–H groups in total. The lowest BCUT2D eigenvalue weighted by Crippen LogP contribution is -2.43. The van der Waals surface area contributed by atoms with Gasteiger partial charge in [-0.25, -0.2) is 0 Å². The summed E-state index contributed by atoms with van der Waals surface area (Å²) < 4.78 is 0. The molecule has 0 aromatic carbocycles. The predicted octanol–water partition coefficient (Wildman–Crippen LogP) is 2.51. The van der Waals surface area contributed by atoms with Crippen LogP contribution in [-0.2, 0) is 6.42 Å². The summed E-state index contributed by atoms with van der Waals surface area (Å²) in [6.45, 7) is 4.69. The van der Waals surface area contributed by atoms with Crippen LogP contribution in [0, 0.1) is 17.3 Å². The van der Waals surface area contributed by atoms with Crippen LogP contribution in [0.3, 0.4) is 0 Å². The molecule has 2 aliphatic rings. The molecular formula is C13H20N4. The number of aryl methyl sites for hydroxylation is 1. The third-order valence-corrected chi connectivity index (χ3v) is 4.74. The lowest BCUT2D eigenvalue weighted by Gasteiger charge is -2.50. The number of rotatable bonds is 4. The quantitative estimate of drug-likeness (QED) is 0.811. The number of aromatic amines is 1. The summed E-state index contributed by atoms with van der Waals surface area (Å²) in [6, 6.07) is 0. The van der Waals surface area contributed by atoms with E-state index in [1.165, 1.54) is 25.7 Å². The Labute approximate surface area is 102 Å². The molecule has 1 saturated carbocycles. The number of allylic oxidation sites excluding steroid dienone is 2. The van der Waals surface area contributed by atoms with E-state index < -0.39 is 0 Å². The monoisotopic (exact) mass is 232 g/mol. The second kappa shape index (κ2) is 3.93. The van der Waals surface area contributed by atoms with Gasteiger partial charge >= 0.3 is 0 Å². The Hall–Kier alpha value is -1.19. The highest BCUT2D eigenvalue weighted by Gasteiger charge is 2.51. The first kappa shape index (κ1) is 10.9. The van der Waals surface area contributed by atoms with E-state index in [1.807, 2.05) is 0 Å². The van der Waals surface area contributed by atoms with Crippen LogP contribution in [0.15, 0.2) is 11.6 Å². The molecule has 17 heavy (non-hydrogen) atoms. The maximum absolute atomic E-state index is 4.03. The highest BCUT2D eigenvalue weighted by molar-refractivity contribution is 5.22. The smallest absolute Gasteiger partial charge is 0.174 e. The number of aromatic nitrogens is 4. The van der Waals surface area contributed by atoms with Gasteiger partial charge in [0, 0.05) is 6.42 Å². The Morgan fingerprint density at radius 1 is 1.53 bits per heavy atom. The molecule has 4 heteroatoms. The molecule has 1 heterocycles. The molecule has 1 aromatic rings. The van der Waals surface area contributed by atoms with Gasteiger partial charge in [0.25, 0.3) is 0 Å². The first-order valence-corrected chi connectivity index (χ1v) is 6.63. The van der Waals surface area contributed by atoms with E-state index in [9.17, 15) is 0 Å². The lowest BCUT2D eigenvalue weighted by atomic mass is 9.54. The van der Waals surface area contributed by atoms with Gasteiger partial charge in [0.2, 0.25) is 0 Å². The predicted molar refractivity (Wildman–Crippen MR) is 65.2 cm³/mol. The number of nitrogens with zero attached hydrogens (tertiary/aromatic N) is 3. The van der Waals surface area contributed by atoms with E-state index >= 15 is 0 Å². The van der Waals surface area contributed by atoms with E-state index in [0.29, 0.717) is 5.41 Å². The Kier molecular flexibility index (Phi) is 2.53. The van der Waals surface area contributed by atoms with Crippen molar-refractivity contribution in [1.82, 2.24) is 20.6 Å². The van der Waals surface area contributed by atoms with Gasteiger partial charge in [-0.2, -0.15) is 5.21 Å². The molecule has 0 bridgehead atoms. The van der Waals surface area contributed by atoms with Crippen molar-refractivity contribution in [3.8, 4) is 0 Å². The molecule has 4 nitrogen and oxygen atoms in total. The third-order valence-electron chi connectivity index (χ3n) is 4.74. The number of H-pyrrole nitrogens is 1. The maximum Gasteiger partial charge on any atom is 0.174 e. The van der Waals surface area contributed by atoms with Crippen molar-refractivity contribution < 1.29 is 0 Å². The van der Waals surface area contributed by atoms with Crippen molar-refractivity contribution in [2.45, 2.75) is 46.0 Å². The Balaban J connectivity index is 1.62. The second-order valence-electron chi connectivity index (χ2n) is 5.85. The average molecular weight is 232 g/mol. The van der Waals surface area contributed by atoms with Gasteiger partial charge in [-0.15, -0.1) is 10.2 Å². The molecule has 0 aliphatic heterocycles. The largest absolute Gasteiger partial charge is 0.177 e. The Morgan fingerprint density at radius 2 is 2.41 bits per heavy atom. The normalized spacial score (nSPS) is 35.3. The summed E-state index contributed by atoms with van der Waals surface area (Å²) >= 11 is 0. The highest BCUT2D eigenvalue weighted by atomic mass is 15.5. The van der Waals surface area contributed by atoms with Gasteiger partial charge in [0.1, 0.15) is 0 Å². The van der Waals surface area contributed by atoms with Crippen LogP contribution < -0.4 is 0 Å². The van der Waals surface area contributed by atoms with E-state index in [4.69, 9.17) is 0 Å². The molecule has 0 spiro atoms. The summed E-state index contributed by atoms with van der Waals surface area (Å²) in [6.07, 6.45) is 8.62. The van der Waals surface area contributed by atoms with Crippen molar-refractivity contribution in [1.29, 1.82) is 0 Å². The maximum atomic E-state index is 4.03. The highest BCUT2D eigenvalue weighted by Crippen LogP contribution is 2.59. The van der Waals surface area contributed by atoms with Gasteiger partial charge < -0.3 is 0 Å². The van der Waals surface area contributed by atoms with Crippen molar-refractivity contribution >= 4 is 0 Å². The van der Waals surface area contributed by atoms with Gasteiger partial charge in [-0.05, 0) is 42.9 Å². The molecule has 3 atom stereocenters. The fraction of sp³-hybridized carbons (Fsp3) is 0.769. The molecule has 3 rings (SSSR count). The van der Waals surface area contributed by atoms with Crippen molar-refractivity contribution in [2.24, 2.45) is 17.3 Å². The topological polar surface area (TPSA) is 54.5 Å². The van der Waals surface area contributed by atoms with Crippen LogP contribution in [0.5, 0.6) is 0 Å². The molecule has 1 fully saturated rings. The molecule has 92 valence electrons. The third kappa shape index (κ3) is 1.79. The zero-order chi connectivity index (χ0) is 11.9. The van der Waals surface area contributed by atoms with Crippen LogP contribution in [0.4, 0.5) is 0 Å². The van der Waals surface area contributed by atoms with Gasteiger partial charge in [-0.3, -0.25) is 0 Å². The van der Waals surface area contributed by atoms with Crippen molar-refractivity contribution in [3.05, 3.63) is 17.5 Å². The standard InChI is InChI=1S/C13H20N4/c1-3-9-6-10-8-13(2,11(10)7-9)5-4-12-14-16-17-15-12/h7,10-11H,3-6,8H2,1-2H3,(H,14,15,16,17)/t10-,11-,13?/m1/s1. The van der Waals surface area contributed by atoms with Crippen LogP contribution in [0.25, 0.3) is 0 Å². The van der Waals surface area contributed by atoms with Gasteiger partial charge in [0.15, 0.2) is 5.82 Å². The molecule has 1 aromatic heterocycles. The minimum absolute atomic E-state index is 0.474. The lowest BCUT2D eigenvalue weighted by molar-refractivity contribution is 0.0103. The zero-order valence-electron chi connectivity index (χ0n) is 10.6. The first-order valence-electron chi connectivity index (χ1n) is 6.63. The summed E-state index contributed by atoms with van der Waals surface area (Å²) in [5, 5.41) is 14.2. The van der Waals surface area contributed by atoms with E-state index in [2.05, 4.69) is 40.5 Å². The van der Waals surface area contributed by atoms with Crippen molar-refractivity contribution in [2.75, 3.05) is 0 Å². The number of hydrogen-bond acceptors (Lipinski definition) is 3. The molecule has 0 saturated heterocycles. The minimum Gasteiger partial charge on any atom is -0.177 e. The minimum atomic E-state index is 0.474. The number of hydrogen-bond donors (Lipinski definition) is 1. The SMILES string of the molecule is CCC1=C[C@@H]2[C@H](C1)CC2(C)CCc1nn[nH]n1. The average Bonchev–Trinajstić information content (AvgIpc) is 2.93. The number of fused-ring (bicyclic) bond motifs is 1. The summed E-state index contributed by atoms with van der Waals surface area (Å²) in [7, 11) is 0. The van der Waals surface area contributed by atoms with Crippen LogP contribution in [0.1, 0.15) is 45.4 Å².